The van der Waals surface area contributed by atoms with Crippen LogP contribution in [-0.4, -0.2) is 19.6 Å². The van der Waals surface area contributed by atoms with Crippen LogP contribution < -0.4 is 5.32 Å². The molecule has 0 atom stereocenters. The number of rotatable bonds is 5. The van der Waals surface area contributed by atoms with Crippen LogP contribution in [0.15, 0.2) is 22.7 Å². The molecule has 0 fully saturated rings. The Hall–Kier alpha value is -0.870. The standard InChI is InChI=1S/C12H16BrNO2/c1-9-5-6-10(13)11(8-9)14-12(15)4-3-7-16-2/h5-6,8H,3-4,7H2,1-2H3,(H,14,15). The third-order valence-electron chi connectivity index (χ3n) is 2.15. The Labute approximate surface area is 104 Å². The van der Waals surface area contributed by atoms with E-state index in [1.807, 2.05) is 25.1 Å². The van der Waals surface area contributed by atoms with Crippen LogP contribution in [0.2, 0.25) is 0 Å². The first kappa shape index (κ1) is 13.2. The number of anilines is 1. The summed E-state index contributed by atoms with van der Waals surface area (Å²) in [6.07, 6.45) is 1.22. The Morgan fingerprint density at radius 2 is 2.25 bits per heavy atom. The monoisotopic (exact) mass is 285 g/mol. The molecule has 16 heavy (non-hydrogen) atoms. The van der Waals surface area contributed by atoms with Crippen LogP contribution in [0.1, 0.15) is 18.4 Å². The van der Waals surface area contributed by atoms with Crippen molar-refractivity contribution in [2.24, 2.45) is 0 Å². The fourth-order valence-electron chi connectivity index (χ4n) is 1.32. The maximum Gasteiger partial charge on any atom is 0.224 e. The number of benzene rings is 1. The van der Waals surface area contributed by atoms with Crippen molar-refractivity contribution in [1.29, 1.82) is 0 Å². The van der Waals surface area contributed by atoms with E-state index in [1.165, 1.54) is 0 Å². The molecule has 1 aromatic carbocycles. The van der Waals surface area contributed by atoms with E-state index in [4.69, 9.17) is 4.74 Å². The van der Waals surface area contributed by atoms with Gasteiger partial charge in [0.2, 0.25) is 5.91 Å². The number of carbonyl (C=O) groups is 1. The van der Waals surface area contributed by atoms with Gasteiger partial charge in [-0.1, -0.05) is 6.07 Å². The number of nitrogens with one attached hydrogen (secondary N) is 1. The summed E-state index contributed by atoms with van der Waals surface area (Å²) in [5.74, 6) is 0.0170. The Kier molecular flexibility index (Phi) is 5.49. The fraction of sp³-hybridized carbons (Fsp3) is 0.417. The van der Waals surface area contributed by atoms with E-state index in [-0.39, 0.29) is 5.91 Å². The summed E-state index contributed by atoms with van der Waals surface area (Å²) in [7, 11) is 1.63. The third kappa shape index (κ3) is 4.33. The van der Waals surface area contributed by atoms with Crippen molar-refractivity contribution in [2.45, 2.75) is 19.8 Å². The lowest BCUT2D eigenvalue weighted by molar-refractivity contribution is -0.116. The summed E-state index contributed by atoms with van der Waals surface area (Å²) in [4.78, 5) is 11.6. The minimum atomic E-state index is 0.0170. The lowest BCUT2D eigenvalue weighted by atomic mass is 10.2. The van der Waals surface area contributed by atoms with Crippen molar-refractivity contribution in [3.05, 3.63) is 28.2 Å². The highest BCUT2D eigenvalue weighted by Crippen LogP contribution is 2.23. The lowest BCUT2D eigenvalue weighted by Gasteiger charge is -2.08. The van der Waals surface area contributed by atoms with E-state index in [1.54, 1.807) is 7.11 Å². The highest BCUT2D eigenvalue weighted by Gasteiger charge is 2.05. The number of aryl methyl sites for hydroxylation is 1. The largest absolute Gasteiger partial charge is 0.385 e. The normalized spacial score (nSPS) is 10.2. The maximum atomic E-state index is 11.6. The second-order valence-electron chi connectivity index (χ2n) is 3.63. The number of carbonyl (C=O) groups excluding carboxylic acids is 1. The molecule has 0 spiro atoms. The van der Waals surface area contributed by atoms with Gasteiger partial charge in [-0.25, -0.2) is 0 Å². The summed E-state index contributed by atoms with van der Waals surface area (Å²) in [6.45, 7) is 2.61. The molecule has 0 aliphatic carbocycles. The number of ether oxygens (including phenoxy) is 1. The average Bonchev–Trinajstić information content (AvgIpc) is 2.24. The zero-order chi connectivity index (χ0) is 12.0. The van der Waals surface area contributed by atoms with Crippen LogP contribution in [0.4, 0.5) is 5.69 Å². The van der Waals surface area contributed by atoms with E-state index in [0.29, 0.717) is 13.0 Å². The second-order valence-corrected chi connectivity index (χ2v) is 4.48. The van der Waals surface area contributed by atoms with E-state index < -0.39 is 0 Å². The molecule has 88 valence electrons. The van der Waals surface area contributed by atoms with E-state index in [9.17, 15) is 4.79 Å². The van der Waals surface area contributed by atoms with E-state index in [0.717, 1.165) is 22.1 Å². The van der Waals surface area contributed by atoms with Gasteiger partial charge in [-0.05, 0) is 47.0 Å². The zero-order valence-electron chi connectivity index (χ0n) is 9.55. The molecule has 0 heterocycles. The van der Waals surface area contributed by atoms with Crippen molar-refractivity contribution < 1.29 is 9.53 Å². The van der Waals surface area contributed by atoms with Gasteiger partial charge in [0.25, 0.3) is 0 Å². The van der Waals surface area contributed by atoms with Crippen molar-refractivity contribution in [2.75, 3.05) is 19.0 Å². The molecule has 0 bridgehead atoms. The number of amides is 1. The van der Waals surface area contributed by atoms with Gasteiger partial charge in [0, 0.05) is 24.6 Å². The Morgan fingerprint density at radius 1 is 1.50 bits per heavy atom. The number of halogens is 1. The van der Waals surface area contributed by atoms with E-state index >= 15 is 0 Å². The molecule has 0 unspecified atom stereocenters. The molecule has 3 nitrogen and oxygen atoms in total. The summed E-state index contributed by atoms with van der Waals surface area (Å²) < 4.78 is 5.80. The molecule has 4 heteroatoms. The summed E-state index contributed by atoms with van der Waals surface area (Å²) >= 11 is 3.40. The first-order valence-electron chi connectivity index (χ1n) is 5.18. The molecular formula is C12H16BrNO2. The molecule has 0 saturated heterocycles. The van der Waals surface area contributed by atoms with Gasteiger partial charge in [0.1, 0.15) is 0 Å². The SMILES string of the molecule is COCCCC(=O)Nc1cc(C)ccc1Br. The Morgan fingerprint density at radius 3 is 2.94 bits per heavy atom. The predicted octanol–water partition coefficient (Wildman–Crippen LogP) is 3.12. The highest BCUT2D eigenvalue weighted by atomic mass is 79.9. The van der Waals surface area contributed by atoms with Crippen molar-refractivity contribution >= 4 is 27.5 Å². The molecule has 0 aliphatic heterocycles. The minimum Gasteiger partial charge on any atom is -0.385 e. The first-order chi connectivity index (χ1) is 7.63. The molecule has 0 saturated carbocycles. The third-order valence-corrected chi connectivity index (χ3v) is 2.84. The summed E-state index contributed by atoms with van der Waals surface area (Å²) in [6, 6.07) is 5.86. The molecule has 0 aromatic heterocycles. The summed E-state index contributed by atoms with van der Waals surface area (Å²) in [5, 5.41) is 2.87. The molecule has 0 radical (unpaired) electrons. The van der Waals surface area contributed by atoms with Crippen molar-refractivity contribution in [1.82, 2.24) is 0 Å². The molecule has 1 N–H and O–H groups in total. The fourth-order valence-corrected chi connectivity index (χ4v) is 1.67. The van der Waals surface area contributed by atoms with Crippen molar-refractivity contribution in [3.63, 3.8) is 0 Å². The van der Waals surface area contributed by atoms with Gasteiger partial charge >= 0.3 is 0 Å². The van der Waals surface area contributed by atoms with Gasteiger partial charge in [0.05, 0.1) is 5.69 Å². The van der Waals surface area contributed by atoms with Crippen LogP contribution in [0.3, 0.4) is 0 Å². The van der Waals surface area contributed by atoms with Gasteiger partial charge in [-0.2, -0.15) is 0 Å². The minimum absolute atomic E-state index is 0.0170. The molecule has 1 amide bonds. The van der Waals surface area contributed by atoms with Gasteiger partial charge < -0.3 is 10.1 Å². The lowest BCUT2D eigenvalue weighted by Crippen LogP contribution is -2.12. The molecular weight excluding hydrogens is 270 g/mol. The number of hydrogen-bond acceptors (Lipinski definition) is 2. The molecule has 0 aliphatic rings. The zero-order valence-corrected chi connectivity index (χ0v) is 11.1. The van der Waals surface area contributed by atoms with Gasteiger partial charge in [-0.3, -0.25) is 4.79 Å². The van der Waals surface area contributed by atoms with Crippen LogP contribution in [-0.2, 0) is 9.53 Å². The topological polar surface area (TPSA) is 38.3 Å². The number of methoxy groups -OCH3 is 1. The van der Waals surface area contributed by atoms with Crippen LogP contribution in [0, 0.1) is 6.92 Å². The quantitative estimate of drug-likeness (QED) is 0.844. The summed E-state index contributed by atoms with van der Waals surface area (Å²) in [5.41, 5.74) is 1.94. The van der Waals surface area contributed by atoms with Gasteiger partial charge in [0.15, 0.2) is 0 Å². The Bertz CT molecular complexity index is 366. The molecule has 1 aromatic rings. The smallest absolute Gasteiger partial charge is 0.224 e. The van der Waals surface area contributed by atoms with Crippen LogP contribution in [0.25, 0.3) is 0 Å². The number of hydrogen-bond donors (Lipinski definition) is 1. The van der Waals surface area contributed by atoms with Crippen molar-refractivity contribution in [3.8, 4) is 0 Å². The highest BCUT2D eigenvalue weighted by molar-refractivity contribution is 9.10. The van der Waals surface area contributed by atoms with E-state index in [2.05, 4.69) is 21.2 Å². The maximum absolute atomic E-state index is 11.6. The Balaban J connectivity index is 2.52. The van der Waals surface area contributed by atoms with Crippen LogP contribution >= 0.6 is 15.9 Å². The first-order valence-corrected chi connectivity index (χ1v) is 5.97. The van der Waals surface area contributed by atoms with Gasteiger partial charge in [-0.15, -0.1) is 0 Å². The predicted molar refractivity (Wildman–Crippen MR) is 68.6 cm³/mol. The second kappa shape index (κ2) is 6.66. The van der Waals surface area contributed by atoms with Crippen LogP contribution in [0.5, 0.6) is 0 Å². The molecule has 1 rings (SSSR count). The average molecular weight is 286 g/mol.